The second kappa shape index (κ2) is 15.4. The molecule has 5 amide bonds. The summed E-state index contributed by atoms with van der Waals surface area (Å²) in [6.07, 6.45) is -0.606. The van der Waals surface area contributed by atoms with Gasteiger partial charge < -0.3 is 20.3 Å². The summed E-state index contributed by atoms with van der Waals surface area (Å²) in [5.41, 5.74) is 0.488. The van der Waals surface area contributed by atoms with Crippen LogP contribution in [0.4, 0.5) is 24.5 Å². The second-order valence-corrected chi connectivity index (χ2v) is 15.1. The van der Waals surface area contributed by atoms with Gasteiger partial charge in [-0.3, -0.25) is 34.2 Å². The molecule has 2 aromatic heterocycles. The highest BCUT2D eigenvalue weighted by Gasteiger charge is 2.45. The number of rotatable bonds is 11. The Labute approximate surface area is 317 Å². The van der Waals surface area contributed by atoms with E-state index in [4.69, 9.17) is 9.72 Å². The van der Waals surface area contributed by atoms with E-state index in [9.17, 15) is 37.1 Å². The van der Waals surface area contributed by atoms with Crippen LogP contribution in [-0.2, 0) is 15.8 Å². The Kier molecular flexibility index (Phi) is 10.6. The fourth-order valence-electron chi connectivity index (χ4n) is 7.49. The predicted molar refractivity (Wildman–Crippen MR) is 197 cm³/mol. The topological polar surface area (TPSA) is 163 Å². The van der Waals surface area contributed by atoms with Crippen molar-refractivity contribution in [3.63, 3.8) is 0 Å². The number of pyridine rings is 1. The highest BCUT2D eigenvalue weighted by Crippen LogP contribution is 2.41. The molecule has 0 radical (unpaired) electrons. The van der Waals surface area contributed by atoms with E-state index < -0.39 is 47.4 Å². The molecule has 0 bridgehead atoms. The first-order valence-electron chi connectivity index (χ1n) is 17.9. The monoisotopic (exact) mass is 777 g/mol. The lowest BCUT2D eigenvalue weighted by atomic mass is 9.82. The van der Waals surface area contributed by atoms with Crippen molar-refractivity contribution in [1.29, 1.82) is 0 Å². The number of halogens is 3. The van der Waals surface area contributed by atoms with Crippen LogP contribution in [0.15, 0.2) is 48.5 Å². The minimum Gasteiger partial charge on any atom is -0.494 e. The number of aromatic nitrogens is 2. The van der Waals surface area contributed by atoms with E-state index in [-0.39, 0.29) is 35.6 Å². The number of ether oxygens (including phenoxy) is 1. The van der Waals surface area contributed by atoms with Crippen LogP contribution in [0.25, 0.3) is 10.2 Å². The zero-order valence-corrected chi connectivity index (χ0v) is 30.8. The number of piperidine rings is 1. The number of likely N-dealkylation sites (N-methyl/N-ethyl adjacent to an activating group) is 1. The molecule has 2 aliphatic heterocycles. The summed E-state index contributed by atoms with van der Waals surface area (Å²) in [4.78, 5) is 75.0. The number of amides is 5. The second-order valence-electron chi connectivity index (χ2n) is 14.0. The van der Waals surface area contributed by atoms with Crippen molar-refractivity contribution in [3.05, 3.63) is 76.1 Å². The number of anilines is 2. The summed E-state index contributed by atoms with van der Waals surface area (Å²) in [5.74, 6) is -1.88. The molecule has 1 saturated carbocycles. The number of alkyl halides is 3. The van der Waals surface area contributed by atoms with Gasteiger partial charge >= 0.3 is 6.18 Å². The molecule has 1 saturated heterocycles. The maximum atomic E-state index is 13.4. The van der Waals surface area contributed by atoms with Gasteiger partial charge in [0, 0.05) is 43.7 Å². The van der Waals surface area contributed by atoms with Gasteiger partial charge in [0.2, 0.25) is 11.8 Å². The molecule has 288 valence electrons. The van der Waals surface area contributed by atoms with E-state index >= 15 is 0 Å². The lowest BCUT2D eigenvalue weighted by molar-refractivity contribution is -0.141. The lowest BCUT2D eigenvalue weighted by Gasteiger charge is -2.30. The van der Waals surface area contributed by atoms with Crippen molar-refractivity contribution < 1.29 is 41.9 Å². The lowest BCUT2D eigenvalue weighted by Crippen LogP contribution is -2.54. The molecule has 1 aliphatic carbocycles. The zero-order chi connectivity index (χ0) is 39.0. The van der Waals surface area contributed by atoms with Gasteiger partial charge in [-0.1, -0.05) is 12.1 Å². The summed E-state index contributed by atoms with van der Waals surface area (Å²) in [6, 6.07) is 10.6. The van der Waals surface area contributed by atoms with Crippen molar-refractivity contribution in [3.8, 4) is 5.75 Å². The Morgan fingerprint density at radius 3 is 2.49 bits per heavy atom. The molecule has 7 rings (SSSR count). The SMILES string of the molecule is COc1cc2nc([C@H]3CC[C@H](CN(C)CCNc4cccc5c4C(=O)N(C4CCC(=O)NC4=O)C5=O)CC3)sc2cc1NC(=O)c1cccc(C(F)(F)F)n1. The Balaban J connectivity index is 0.914. The minimum absolute atomic E-state index is 0.0569. The molecule has 4 aromatic rings. The number of carbonyl (C=O) groups is 5. The number of hydrogen-bond acceptors (Lipinski definition) is 11. The molecule has 1 atom stereocenters. The molecule has 4 heterocycles. The number of nitrogens with zero attached hydrogens (tertiary/aromatic N) is 4. The van der Waals surface area contributed by atoms with E-state index in [1.165, 1.54) is 24.5 Å². The van der Waals surface area contributed by atoms with Crippen molar-refractivity contribution in [2.24, 2.45) is 5.92 Å². The Hall–Kier alpha value is -5.42. The number of carbonyl (C=O) groups excluding carboxylic acids is 5. The van der Waals surface area contributed by atoms with Crippen LogP contribution >= 0.6 is 11.3 Å². The number of thiazole rings is 1. The fourth-order valence-corrected chi connectivity index (χ4v) is 8.64. The molecule has 17 heteroatoms. The van der Waals surface area contributed by atoms with Gasteiger partial charge in [-0.15, -0.1) is 11.3 Å². The molecule has 3 N–H and O–H groups in total. The van der Waals surface area contributed by atoms with Crippen LogP contribution in [0.5, 0.6) is 5.75 Å². The molecule has 13 nitrogen and oxygen atoms in total. The van der Waals surface area contributed by atoms with Gasteiger partial charge in [-0.25, -0.2) is 9.97 Å². The van der Waals surface area contributed by atoms with Gasteiger partial charge in [-0.05, 0) is 75.4 Å². The third kappa shape index (κ3) is 7.89. The van der Waals surface area contributed by atoms with Crippen LogP contribution in [0.2, 0.25) is 0 Å². The fraction of sp³-hybridized carbons (Fsp3) is 0.395. The third-order valence-electron chi connectivity index (χ3n) is 10.3. The Bertz CT molecular complexity index is 2190. The first kappa shape index (κ1) is 37.9. The average molecular weight is 778 g/mol. The molecule has 2 aromatic carbocycles. The van der Waals surface area contributed by atoms with Crippen LogP contribution in [-0.4, -0.2) is 89.1 Å². The third-order valence-corrected chi connectivity index (χ3v) is 11.5. The van der Waals surface area contributed by atoms with E-state index in [0.717, 1.165) is 59.0 Å². The number of imide groups is 2. The maximum Gasteiger partial charge on any atom is 0.433 e. The molecule has 1 unspecified atom stereocenters. The van der Waals surface area contributed by atoms with Gasteiger partial charge in [0.1, 0.15) is 23.2 Å². The Morgan fingerprint density at radius 1 is 1.00 bits per heavy atom. The van der Waals surface area contributed by atoms with Crippen molar-refractivity contribution in [1.82, 2.24) is 25.1 Å². The number of hydrogen-bond donors (Lipinski definition) is 3. The van der Waals surface area contributed by atoms with E-state index in [1.54, 1.807) is 30.3 Å². The van der Waals surface area contributed by atoms with Crippen LogP contribution in [0, 0.1) is 5.92 Å². The van der Waals surface area contributed by atoms with E-state index in [0.29, 0.717) is 41.6 Å². The summed E-state index contributed by atoms with van der Waals surface area (Å²) < 4.78 is 45.7. The van der Waals surface area contributed by atoms with Gasteiger partial charge in [-0.2, -0.15) is 13.2 Å². The van der Waals surface area contributed by atoms with E-state index in [2.05, 4.69) is 25.8 Å². The van der Waals surface area contributed by atoms with Gasteiger partial charge in [0.15, 0.2) is 0 Å². The molecule has 3 aliphatic rings. The standard InChI is InChI=1S/C38H38F3N7O6S/c1-47(16-15-42-23-6-3-5-22-32(23)37(53)48(36(22)52)27-13-14-31(49)46-34(27)51)19-20-9-11-21(12-10-20)35-45-26-17-28(54-2)25(18-29(26)55-35)44-33(50)24-7-4-8-30(43-24)38(39,40)41/h3-8,17-18,20-21,27,42H,9-16,19H2,1-2H3,(H,44,50)(H,46,49,51)/t20-,21-,27?. The predicted octanol–water partition coefficient (Wildman–Crippen LogP) is 5.69. The molecule has 55 heavy (non-hydrogen) atoms. The quantitative estimate of drug-likeness (QED) is 0.161. The molecule has 0 spiro atoms. The van der Waals surface area contributed by atoms with Crippen molar-refractivity contribution >= 4 is 62.5 Å². The van der Waals surface area contributed by atoms with Crippen molar-refractivity contribution in [2.75, 3.05) is 44.4 Å². The molecule has 2 fully saturated rings. The normalized spacial score (nSPS) is 20.2. The average Bonchev–Trinajstić information content (AvgIpc) is 3.68. The van der Waals surface area contributed by atoms with Crippen molar-refractivity contribution in [2.45, 2.75) is 56.7 Å². The largest absolute Gasteiger partial charge is 0.494 e. The zero-order valence-electron chi connectivity index (χ0n) is 30.0. The maximum absolute atomic E-state index is 13.4. The minimum atomic E-state index is -4.68. The highest BCUT2D eigenvalue weighted by atomic mass is 32.1. The van der Waals surface area contributed by atoms with Gasteiger partial charge in [0.05, 0.1) is 39.1 Å². The Morgan fingerprint density at radius 2 is 1.76 bits per heavy atom. The highest BCUT2D eigenvalue weighted by molar-refractivity contribution is 7.18. The van der Waals surface area contributed by atoms with Crippen LogP contribution in [0.1, 0.15) is 86.3 Å². The number of benzene rings is 2. The van der Waals surface area contributed by atoms with Crippen LogP contribution < -0.4 is 20.7 Å². The first-order chi connectivity index (χ1) is 26.3. The number of methoxy groups -OCH3 is 1. The summed E-state index contributed by atoms with van der Waals surface area (Å²) >= 11 is 1.52. The number of nitrogens with one attached hydrogen (secondary N) is 3. The number of fused-ring (bicyclic) bond motifs is 2. The smallest absolute Gasteiger partial charge is 0.433 e. The van der Waals surface area contributed by atoms with E-state index in [1.807, 2.05) is 7.05 Å². The molecular weight excluding hydrogens is 740 g/mol. The summed E-state index contributed by atoms with van der Waals surface area (Å²) in [5, 5.41) is 9.14. The van der Waals surface area contributed by atoms with Crippen LogP contribution in [0.3, 0.4) is 0 Å². The van der Waals surface area contributed by atoms with Gasteiger partial charge in [0.25, 0.3) is 17.7 Å². The summed E-state index contributed by atoms with van der Waals surface area (Å²) in [6.45, 7) is 2.09. The first-order valence-corrected chi connectivity index (χ1v) is 18.7. The molecular formula is C38H38F3N7O6S. The summed E-state index contributed by atoms with van der Waals surface area (Å²) in [7, 11) is 3.49.